The lowest BCUT2D eigenvalue weighted by Crippen LogP contribution is -2.45. The van der Waals surface area contributed by atoms with Crippen molar-refractivity contribution >= 4 is 28.0 Å². The predicted octanol–water partition coefficient (Wildman–Crippen LogP) is 4.34. The van der Waals surface area contributed by atoms with Crippen molar-refractivity contribution in [2.24, 2.45) is 5.92 Å². The van der Waals surface area contributed by atoms with E-state index in [1.54, 1.807) is 13.0 Å². The fraction of sp³-hybridized carbons (Fsp3) is 0.778. The summed E-state index contributed by atoms with van der Waals surface area (Å²) in [5.41, 5.74) is -0.563. The van der Waals surface area contributed by atoms with Gasteiger partial charge in [-0.2, -0.15) is 0 Å². The molecule has 2 atom stereocenters. The maximum Gasteiger partial charge on any atom is 0.408 e. The van der Waals surface area contributed by atoms with Gasteiger partial charge in [-0.1, -0.05) is 41.3 Å². The molecule has 0 bridgehead atoms. The van der Waals surface area contributed by atoms with E-state index in [0.717, 1.165) is 12.8 Å². The number of nitrogens with one attached hydrogen (secondary N) is 1. The Labute approximate surface area is 153 Å². The molecule has 0 heterocycles. The van der Waals surface area contributed by atoms with Crippen LogP contribution in [0.3, 0.4) is 0 Å². The van der Waals surface area contributed by atoms with Gasteiger partial charge in [0.1, 0.15) is 5.60 Å². The number of carbonyl (C=O) groups is 2. The summed E-state index contributed by atoms with van der Waals surface area (Å²) in [7, 11) is 0. The lowest BCUT2D eigenvalue weighted by Gasteiger charge is -2.31. The molecule has 24 heavy (non-hydrogen) atoms. The number of alkyl halides is 1. The molecule has 0 aliphatic heterocycles. The minimum atomic E-state index is -0.563. The van der Waals surface area contributed by atoms with Crippen LogP contribution in [0.5, 0.6) is 0 Å². The molecule has 0 aromatic heterocycles. The summed E-state index contributed by atoms with van der Waals surface area (Å²) >= 11 is 3.73. The van der Waals surface area contributed by atoms with Crippen LogP contribution < -0.4 is 5.32 Å². The number of alkyl carbamates (subject to hydrolysis) is 1. The van der Waals surface area contributed by atoms with E-state index in [4.69, 9.17) is 9.47 Å². The summed E-state index contributed by atoms with van der Waals surface area (Å²) < 4.78 is 10.3. The summed E-state index contributed by atoms with van der Waals surface area (Å²) in [4.78, 5) is 23.8. The molecule has 1 fully saturated rings. The highest BCUT2D eigenvalue weighted by molar-refractivity contribution is 9.09. The number of carbonyl (C=O) groups excluding carboxylic acids is 2. The second kappa shape index (κ2) is 10.1. The molecule has 0 radical (unpaired) electrons. The van der Waals surface area contributed by atoms with Gasteiger partial charge in [0.15, 0.2) is 0 Å². The fourth-order valence-corrected chi connectivity index (χ4v) is 3.63. The normalized spacial score (nSPS) is 18.9. The molecule has 1 saturated carbocycles. The third-order valence-corrected chi connectivity index (χ3v) is 5.17. The van der Waals surface area contributed by atoms with Gasteiger partial charge < -0.3 is 14.8 Å². The van der Waals surface area contributed by atoms with Crippen LogP contribution in [-0.2, 0) is 14.3 Å². The maximum atomic E-state index is 12.1. The second-order valence-electron chi connectivity index (χ2n) is 7.13. The van der Waals surface area contributed by atoms with Crippen LogP contribution in [0.1, 0.15) is 59.8 Å². The molecule has 1 aliphatic carbocycles. The van der Waals surface area contributed by atoms with E-state index in [0.29, 0.717) is 12.5 Å². The molecule has 0 saturated heterocycles. The molecule has 6 heteroatoms. The number of hydrogen-bond acceptors (Lipinski definition) is 4. The van der Waals surface area contributed by atoms with Gasteiger partial charge in [-0.3, -0.25) is 0 Å². The molecule has 1 rings (SSSR count). The van der Waals surface area contributed by atoms with Crippen LogP contribution in [0.15, 0.2) is 12.2 Å². The number of amides is 1. The SMILES string of the molecule is CCOC(=O)/C=C/[C@@H](NC(=O)OC(C)(C)C)[C@@H](Br)C1CCCCC1. The lowest BCUT2D eigenvalue weighted by molar-refractivity contribution is -0.137. The zero-order valence-corrected chi connectivity index (χ0v) is 16.7. The average molecular weight is 404 g/mol. The maximum absolute atomic E-state index is 12.1. The van der Waals surface area contributed by atoms with E-state index < -0.39 is 17.7 Å². The highest BCUT2D eigenvalue weighted by Crippen LogP contribution is 2.32. The van der Waals surface area contributed by atoms with Gasteiger partial charge in [-0.05, 0) is 46.5 Å². The van der Waals surface area contributed by atoms with E-state index >= 15 is 0 Å². The molecule has 0 aromatic carbocycles. The molecule has 0 unspecified atom stereocenters. The first-order chi connectivity index (χ1) is 11.2. The first-order valence-corrected chi connectivity index (χ1v) is 9.63. The van der Waals surface area contributed by atoms with Crippen molar-refractivity contribution < 1.29 is 19.1 Å². The third kappa shape index (κ3) is 8.18. The van der Waals surface area contributed by atoms with Crippen LogP contribution >= 0.6 is 15.9 Å². The average Bonchev–Trinajstić information content (AvgIpc) is 2.50. The Hall–Kier alpha value is -1.04. The van der Waals surface area contributed by atoms with E-state index in [-0.39, 0.29) is 10.9 Å². The Morgan fingerprint density at radius 2 is 1.88 bits per heavy atom. The van der Waals surface area contributed by atoms with Crippen molar-refractivity contribution in [3.8, 4) is 0 Å². The van der Waals surface area contributed by atoms with Gasteiger partial charge in [0.05, 0.1) is 12.6 Å². The largest absolute Gasteiger partial charge is 0.463 e. The van der Waals surface area contributed by atoms with Crippen LogP contribution in [0, 0.1) is 5.92 Å². The third-order valence-electron chi connectivity index (χ3n) is 3.85. The Morgan fingerprint density at radius 1 is 1.25 bits per heavy atom. The van der Waals surface area contributed by atoms with Crippen molar-refractivity contribution in [3.63, 3.8) is 0 Å². The van der Waals surface area contributed by atoms with E-state index in [1.807, 2.05) is 20.8 Å². The zero-order valence-electron chi connectivity index (χ0n) is 15.1. The van der Waals surface area contributed by atoms with E-state index in [2.05, 4.69) is 21.2 Å². The molecule has 5 nitrogen and oxygen atoms in total. The van der Waals surface area contributed by atoms with Crippen LogP contribution in [0.2, 0.25) is 0 Å². The summed E-state index contributed by atoms with van der Waals surface area (Å²) in [6.45, 7) is 7.56. The molecule has 0 aromatic rings. The molecule has 1 aliphatic rings. The molecular weight excluding hydrogens is 374 g/mol. The van der Waals surface area contributed by atoms with Gasteiger partial charge in [0.25, 0.3) is 0 Å². The fourth-order valence-electron chi connectivity index (χ4n) is 2.80. The molecule has 1 N–H and O–H groups in total. The van der Waals surface area contributed by atoms with Crippen LogP contribution in [0.4, 0.5) is 4.79 Å². The highest BCUT2D eigenvalue weighted by Gasteiger charge is 2.29. The number of ether oxygens (including phenoxy) is 2. The van der Waals surface area contributed by atoms with Crippen LogP contribution in [0.25, 0.3) is 0 Å². The van der Waals surface area contributed by atoms with Crippen molar-refractivity contribution in [3.05, 3.63) is 12.2 Å². The summed E-state index contributed by atoms with van der Waals surface area (Å²) in [5.74, 6) is 0.0577. The van der Waals surface area contributed by atoms with E-state index in [1.165, 1.54) is 25.3 Å². The number of halogens is 1. The monoisotopic (exact) mass is 403 g/mol. The summed E-state index contributed by atoms with van der Waals surface area (Å²) in [6.07, 6.45) is 8.49. The van der Waals surface area contributed by atoms with Gasteiger partial charge in [0, 0.05) is 10.9 Å². The minimum Gasteiger partial charge on any atom is -0.463 e. The zero-order chi connectivity index (χ0) is 18.2. The predicted molar refractivity (Wildman–Crippen MR) is 98.2 cm³/mol. The summed E-state index contributed by atoms with van der Waals surface area (Å²) in [5, 5.41) is 2.87. The standard InChI is InChI=1S/C18H30BrNO4/c1-5-23-15(21)12-11-14(20-17(22)24-18(2,3)4)16(19)13-9-7-6-8-10-13/h11-14,16H,5-10H2,1-4H3,(H,20,22)/b12-11+/t14-,16+/m1/s1. The topological polar surface area (TPSA) is 64.6 Å². The van der Waals surface area contributed by atoms with Crippen molar-refractivity contribution in [2.75, 3.05) is 6.61 Å². The lowest BCUT2D eigenvalue weighted by atomic mass is 9.84. The Bertz CT molecular complexity index is 439. The van der Waals surface area contributed by atoms with Crippen molar-refractivity contribution in [1.82, 2.24) is 5.32 Å². The highest BCUT2D eigenvalue weighted by atomic mass is 79.9. The minimum absolute atomic E-state index is 0.0518. The van der Waals surface area contributed by atoms with Gasteiger partial charge >= 0.3 is 12.1 Å². The second-order valence-corrected chi connectivity index (χ2v) is 8.18. The Morgan fingerprint density at radius 3 is 2.42 bits per heavy atom. The smallest absolute Gasteiger partial charge is 0.408 e. The number of rotatable bonds is 6. The Kier molecular flexibility index (Phi) is 8.81. The molecule has 0 spiro atoms. The number of esters is 1. The first kappa shape index (κ1) is 21.0. The van der Waals surface area contributed by atoms with E-state index in [9.17, 15) is 9.59 Å². The Balaban J connectivity index is 2.77. The quantitative estimate of drug-likeness (QED) is 0.406. The first-order valence-electron chi connectivity index (χ1n) is 8.71. The van der Waals surface area contributed by atoms with Crippen LogP contribution in [-0.4, -0.2) is 35.1 Å². The van der Waals surface area contributed by atoms with Gasteiger partial charge in [-0.15, -0.1) is 0 Å². The van der Waals surface area contributed by atoms with Gasteiger partial charge in [0.2, 0.25) is 0 Å². The molecule has 138 valence electrons. The van der Waals surface area contributed by atoms with Gasteiger partial charge in [-0.25, -0.2) is 9.59 Å². The van der Waals surface area contributed by atoms with Crippen molar-refractivity contribution in [1.29, 1.82) is 0 Å². The number of hydrogen-bond donors (Lipinski definition) is 1. The van der Waals surface area contributed by atoms with Crippen molar-refractivity contribution in [2.45, 2.75) is 76.3 Å². The summed E-state index contributed by atoms with van der Waals surface area (Å²) in [6, 6.07) is -0.327. The molecular formula is C18H30BrNO4. The molecule has 1 amide bonds.